The summed E-state index contributed by atoms with van der Waals surface area (Å²) in [6.07, 6.45) is 10.6. The normalized spacial score (nSPS) is 13.9. The molecule has 0 aliphatic carbocycles. The summed E-state index contributed by atoms with van der Waals surface area (Å²) < 4.78 is 1.68. The number of nitrogens with one attached hydrogen (secondary N) is 2. The number of pyridine rings is 2. The van der Waals surface area contributed by atoms with Crippen LogP contribution in [0.4, 0.5) is 16.3 Å². The zero-order valence-electron chi connectivity index (χ0n) is 15.6. The van der Waals surface area contributed by atoms with Crippen molar-refractivity contribution in [2.75, 3.05) is 23.3 Å². The Hall–Kier alpha value is -3.42. The molecule has 28 heavy (non-hydrogen) atoms. The minimum Gasteiger partial charge on any atom is -0.357 e. The molecule has 1 aliphatic rings. The molecule has 0 radical (unpaired) electrons. The monoisotopic (exact) mass is 377 g/mol. The predicted molar refractivity (Wildman–Crippen MR) is 108 cm³/mol. The molecule has 0 unspecified atom stereocenters. The molecule has 1 saturated heterocycles. The summed E-state index contributed by atoms with van der Waals surface area (Å²) in [5, 5.41) is 9.84. The number of urea groups is 1. The van der Waals surface area contributed by atoms with Gasteiger partial charge in [-0.15, -0.1) is 0 Å². The second-order valence-corrected chi connectivity index (χ2v) is 6.73. The second kappa shape index (κ2) is 8.51. The van der Waals surface area contributed by atoms with E-state index in [0.29, 0.717) is 18.1 Å². The average Bonchev–Trinajstić information content (AvgIpc) is 3.29. The minimum absolute atomic E-state index is 0.273. The lowest BCUT2D eigenvalue weighted by Crippen LogP contribution is -2.30. The van der Waals surface area contributed by atoms with Gasteiger partial charge in [0, 0.05) is 38.2 Å². The number of hydrogen-bond acceptors (Lipinski definition) is 5. The standard InChI is InChI=1S/C20H23N7O/c28-20(23-14-16-7-9-21-19(13-16)27-12-4-8-24-27)25-17-5-6-18(22-15-17)26-10-2-1-3-11-26/h4-9,12-13,15H,1-3,10-11,14H2,(H2,23,25,28). The first-order chi connectivity index (χ1) is 13.8. The largest absolute Gasteiger partial charge is 0.357 e. The van der Waals surface area contributed by atoms with Gasteiger partial charge in [-0.05, 0) is 55.2 Å². The lowest BCUT2D eigenvalue weighted by Gasteiger charge is -2.27. The van der Waals surface area contributed by atoms with Gasteiger partial charge in [0.25, 0.3) is 0 Å². The second-order valence-electron chi connectivity index (χ2n) is 6.73. The lowest BCUT2D eigenvalue weighted by atomic mass is 10.1. The fourth-order valence-corrected chi connectivity index (χ4v) is 3.23. The van der Waals surface area contributed by atoms with Crippen molar-refractivity contribution in [3.63, 3.8) is 0 Å². The number of piperidine rings is 1. The van der Waals surface area contributed by atoms with Crippen LogP contribution in [-0.2, 0) is 6.54 Å². The number of rotatable bonds is 5. The summed E-state index contributed by atoms with van der Waals surface area (Å²) in [7, 11) is 0. The van der Waals surface area contributed by atoms with Crippen molar-refractivity contribution in [3.8, 4) is 5.82 Å². The molecule has 8 nitrogen and oxygen atoms in total. The van der Waals surface area contributed by atoms with Gasteiger partial charge in [0.05, 0.1) is 11.9 Å². The molecule has 4 heterocycles. The number of carbonyl (C=O) groups is 1. The molecule has 0 aromatic carbocycles. The Morgan fingerprint density at radius 3 is 2.68 bits per heavy atom. The van der Waals surface area contributed by atoms with Gasteiger partial charge in [0.2, 0.25) is 0 Å². The zero-order valence-corrected chi connectivity index (χ0v) is 15.6. The summed E-state index contributed by atoms with van der Waals surface area (Å²) in [5.41, 5.74) is 1.61. The van der Waals surface area contributed by atoms with Gasteiger partial charge >= 0.3 is 6.03 Å². The summed E-state index contributed by atoms with van der Waals surface area (Å²) in [6.45, 7) is 2.49. The Morgan fingerprint density at radius 1 is 1.04 bits per heavy atom. The number of nitrogens with zero attached hydrogens (tertiary/aromatic N) is 5. The number of hydrogen-bond donors (Lipinski definition) is 2. The van der Waals surface area contributed by atoms with E-state index in [0.717, 1.165) is 24.5 Å². The molecule has 0 saturated carbocycles. The van der Waals surface area contributed by atoms with Crippen molar-refractivity contribution >= 4 is 17.5 Å². The van der Waals surface area contributed by atoms with Crippen LogP contribution in [0, 0.1) is 0 Å². The first kappa shape index (κ1) is 18.0. The number of carbonyl (C=O) groups excluding carboxylic acids is 1. The molecule has 3 aromatic heterocycles. The van der Waals surface area contributed by atoms with Gasteiger partial charge in [0.1, 0.15) is 5.82 Å². The van der Waals surface area contributed by atoms with Crippen LogP contribution in [0.15, 0.2) is 55.1 Å². The van der Waals surface area contributed by atoms with E-state index in [1.807, 2.05) is 36.5 Å². The SMILES string of the molecule is O=C(NCc1ccnc(-n2cccn2)c1)Nc1ccc(N2CCCCC2)nc1. The third-order valence-corrected chi connectivity index (χ3v) is 4.69. The molecule has 3 aromatic rings. The highest BCUT2D eigenvalue weighted by molar-refractivity contribution is 5.89. The molecule has 1 fully saturated rings. The molecule has 2 N–H and O–H groups in total. The van der Waals surface area contributed by atoms with E-state index >= 15 is 0 Å². The lowest BCUT2D eigenvalue weighted by molar-refractivity contribution is 0.251. The van der Waals surface area contributed by atoms with Gasteiger partial charge in [-0.3, -0.25) is 0 Å². The van der Waals surface area contributed by atoms with Crippen molar-refractivity contribution in [2.45, 2.75) is 25.8 Å². The topological polar surface area (TPSA) is 88.0 Å². The third kappa shape index (κ3) is 4.46. The van der Waals surface area contributed by atoms with Crippen molar-refractivity contribution < 1.29 is 4.79 Å². The Labute approximate surface area is 163 Å². The number of aromatic nitrogens is 4. The maximum atomic E-state index is 12.2. The number of amides is 2. The van der Waals surface area contributed by atoms with E-state index in [2.05, 4.69) is 30.6 Å². The van der Waals surface area contributed by atoms with Crippen LogP contribution >= 0.6 is 0 Å². The Balaban J connectivity index is 1.30. The molecule has 0 atom stereocenters. The van der Waals surface area contributed by atoms with Gasteiger partial charge in [-0.2, -0.15) is 5.10 Å². The highest BCUT2D eigenvalue weighted by Crippen LogP contribution is 2.18. The van der Waals surface area contributed by atoms with Crippen LogP contribution in [0.1, 0.15) is 24.8 Å². The molecule has 1 aliphatic heterocycles. The van der Waals surface area contributed by atoms with Crippen LogP contribution in [0.25, 0.3) is 5.82 Å². The maximum Gasteiger partial charge on any atom is 0.319 e. The first-order valence-electron chi connectivity index (χ1n) is 9.49. The van der Waals surface area contributed by atoms with Crippen LogP contribution in [0.2, 0.25) is 0 Å². The Kier molecular flexibility index (Phi) is 5.46. The van der Waals surface area contributed by atoms with E-state index in [1.54, 1.807) is 23.3 Å². The van der Waals surface area contributed by atoms with Crippen LogP contribution in [-0.4, -0.2) is 38.9 Å². The van der Waals surface area contributed by atoms with Crippen molar-refractivity contribution in [1.82, 2.24) is 25.1 Å². The maximum absolute atomic E-state index is 12.2. The molecule has 0 spiro atoms. The fourth-order valence-electron chi connectivity index (χ4n) is 3.23. The van der Waals surface area contributed by atoms with Crippen LogP contribution < -0.4 is 15.5 Å². The van der Waals surface area contributed by atoms with E-state index < -0.39 is 0 Å². The van der Waals surface area contributed by atoms with Crippen molar-refractivity contribution in [3.05, 3.63) is 60.7 Å². The summed E-state index contributed by atoms with van der Waals surface area (Å²) in [6, 6.07) is 9.17. The fraction of sp³-hybridized carbons (Fsp3) is 0.300. The molecule has 4 rings (SSSR count). The first-order valence-corrected chi connectivity index (χ1v) is 9.49. The summed E-state index contributed by atoms with van der Waals surface area (Å²) in [4.78, 5) is 23.2. The quantitative estimate of drug-likeness (QED) is 0.714. The van der Waals surface area contributed by atoms with Crippen LogP contribution in [0.5, 0.6) is 0 Å². The molecule has 8 heteroatoms. The van der Waals surface area contributed by atoms with Gasteiger partial charge in [-0.25, -0.2) is 19.4 Å². The van der Waals surface area contributed by atoms with Gasteiger partial charge in [0.15, 0.2) is 5.82 Å². The van der Waals surface area contributed by atoms with E-state index in [9.17, 15) is 4.79 Å². The third-order valence-electron chi connectivity index (χ3n) is 4.69. The van der Waals surface area contributed by atoms with E-state index in [-0.39, 0.29) is 6.03 Å². The highest BCUT2D eigenvalue weighted by atomic mass is 16.2. The van der Waals surface area contributed by atoms with Crippen LogP contribution in [0.3, 0.4) is 0 Å². The smallest absolute Gasteiger partial charge is 0.319 e. The van der Waals surface area contributed by atoms with Gasteiger partial charge in [-0.1, -0.05) is 0 Å². The molecular weight excluding hydrogens is 354 g/mol. The zero-order chi connectivity index (χ0) is 19.2. The summed E-state index contributed by atoms with van der Waals surface area (Å²) >= 11 is 0. The van der Waals surface area contributed by atoms with E-state index in [4.69, 9.17) is 0 Å². The summed E-state index contributed by atoms with van der Waals surface area (Å²) in [5.74, 6) is 1.68. The minimum atomic E-state index is -0.273. The van der Waals surface area contributed by atoms with Gasteiger partial charge < -0.3 is 15.5 Å². The van der Waals surface area contributed by atoms with Crippen molar-refractivity contribution in [2.24, 2.45) is 0 Å². The van der Waals surface area contributed by atoms with Crippen molar-refractivity contribution in [1.29, 1.82) is 0 Å². The predicted octanol–water partition coefficient (Wildman–Crippen LogP) is 2.97. The molecule has 0 bridgehead atoms. The molecule has 2 amide bonds. The highest BCUT2D eigenvalue weighted by Gasteiger charge is 2.12. The van der Waals surface area contributed by atoms with E-state index in [1.165, 1.54) is 19.3 Å². The molecule has 144 valence electrons. The molecular formula is C20H23N7O. The average molecular weight is 377 g/mol. The number of anilines is 2. The Morgan fingerprint density at radius 2 is 1.93 bits per heavy atom. The Bertz CT molecular complexity index is 903.